The van der Waals surface area contributed by atoms with Gasteiger partial charge in [-0.1, -0.05) is 29.8 Å². The Bertz CT molecular complexity index is 236. The molecule has 0 aromatic heterocycles. The molecule has 0 fully saturated rings. The maximum absolute atomic E-state index is 5.91. The van der Waals surface area contributed by atoms with Crippen LogP contribution in [0.1, 0.15) is 12.5 Å². The van der Waals surface area contributed by atoms with Crippen molar-refractivity contribution in [2.75, 3.05) is 0 Å². The van der Waals surface area contributed by atoms with Crippen molar-refractivity contribution in [3.8, 4) is 0 Å². The maximum atomic E-state index is 5.91. The summed E-state index contributed by atoms with van der Waals surface area (Å²) >= 11 is 5.91. The van der Waals surface area contributed by atoms with Gasteiger partial charge in [0.25, 0.3) is 0 Å². The van der Waals surface area contributed by atoms with Crippen LogP contribution in [0.15, 0.2) is 24.3 Å². The average molecular weight is 206 g/mol. The van der Waals surface area contributed by atoms with Crippen molar-refractivity contribution in [3.63, 3.8) is 0 Å². The van der Waals surface area contributed by atoms with Gasteiger partial charge in [0.05, 0.1) is 0 Å². The molecule has 0 saturated carbocycles. The molecule has 3 heteroatoms. The SMILES string of the molecule is C[C@@H](N)Cc1ccccc1Cl.Cl. The number of benzene rings is 1. The van der Waals surface area contributed by atoms with Crippen molar-refractivity contribution in [1.29, 1.82) is 0 Å². The van der Waals surface area contributed by atoms with Gasteiger partial charge in [-0.05, 0) is 25.0 Å². The molecule has 0 saturated heterocycles. The highest BCUT2D eigenvalue weighted by Gasteiger charge is 2.00. The van der Waals surface area contributed by atoms with E-state index in [0.717, 1.165) is 17.0 Å². The summed E-state index contributed by atoms with van der Waals surface area (Å²) in [6.07, 6.45) is 0.847. The van der Waals surface area contributed by atoms with Crippen molar-refractivity contribution in [1.82, 2.24) is 0 Å². The Kier molecular flexibility index (Phi) is 5.31. The third kappa shape index (κ3) is 3.44. The lowest BCUT2D eigenvalue weighted by molar-refractivity contribution is 0.738. The van der Waals surface area contributed by atoms with Gasteiger partial charge in [-0.2, -0.15) is 0 Å². The van der Waals surface area contributed by atoms with E-state index in [1.54, 1.807) is 0 Å². The molecule has 1 aromatic rings. The van der Waals surface area contributed by atoms with Gasteiger partial charge in [0.1, 0.15) is 0 Å². The second-order valence-electron chi connectivity index (χ2n) is 2.77. The standard InChI is InChI=1S/C9H12ClN.ClH/c1-7(11)6-8-4-2-3-5-9(8)10;/h2-5,7H,6,11H2,1H3;1H/t7-;/m1./s1. The van der Waals surface area contributed by atoms with Gasteiger partial charge in [-0.3, -0.25) is 0 Å². The van der Waals surface area contributed by atoms with E-state index in [1.165, 1.54) is 0 Å². The molecule has 1 aromatic carbocycles. The van der Waals surface area contributed by atoms with Crippen LogP contribution in [0.25, 0.3) is 0 Å². The van der Waals surface area contributed by atoms with E-state index >= 15 is 0 Å². The first kappa shape index (κ1) is 11.8. The van der Waals surface area contributed by atoms with Gasteiger partial charge < -0.3 is 5.73 Å². The summed E-state index contributed by atoms with van der Waals surface area (Å²) in [4.78, 5) is 0. The fourth-order valence-corrected chi connectivity index (χ4v) is 1.22. The van der Waals surface area contributed by atoms with E-state index in [-0.39, 0.29) is 18.4 Å². The topological polar surface area (TPSA) is 26.0 Å². The fraction of sp³-hybridized carbons (Fsp3) is 0.333. The molecule has 12 heavy (non-hydrogen) atoms. The molecule has 0 heterocycles. The zero-order valence-corrected chi connectivity index (χ0v) is 8.53. The van der Waals surface area contributed by atoms with Crippen molar-refractivity contribution >= 4 is 24.0 Å². The van der Waals surface area contributed by atoms with E-state index in [9.17, 15) is 0 Å². The van der Waals surface area contributed by atoms with Gasteiger partial charge in [0.2, 0.25) is 0 Å². The van der Waals surface area contributed by atoms with E-state index < -0.39 is 0 Å². The van der Waals surface area contributed by atoms with Crippen LogP contribution in [0, 0.1) is 0 Å². The molecule has 1 nitrogen and oxygen atoms in total. The van der Waals surface area contributed by atoms with Crippen molar-refractivity contribution < 1.29 is 0 Å². The molecule has 68 valence electrons. The first-order chi connectivity index (χ1) is 5.20. The van der Waals surface area contributed by atoms with E-state index in [1.807, 2.05) is 31.2 Å². The molecule has 0 aliphatic carbocycles. The zero-order valence-electron chi connectivity index (χ0n) is 6.96. The average Bonchev–Trinajstić information content (AvgIpc) is 1.93. The molecule has 0 spiro atoms. The van der Waals surface area contributed by atoms with E-state index in [4.69, 9.17) is 17.3 Å². The zero-order chi connectivity index (χ0) is 8.27. The highest BCUT2D eigenvalue weighted by molar-refractivity contribution is 6.31. The fourth-order valence-electron chi connectivity index (χ4n) is 1.01. The Morgan fingerprint density at radius 1 is 1.42 bits per heavy atom. The minimum atomic E-state index is 0. The highest BCUT2D eigenvalue weighted by Crippen LogP contribution is 2.15. The van der Waals surface area contributed by atoms with Gasteiger partial charge >= 0.3 is 0 Å². The minimum Gasteiger partial charge on any atom is -0.328 e. The largest absolute Gasteiger partial charge is 0.328 e. The Balaban J connectivity index is 0.00000121. The smallest absolute Gasteiger partial charge is 0.0438 e. The normalized spacial score (nSPS) is 11.9. The number of rotatable bonds is 2. The second kappa shape index (κ2) is 5.41. The molecule has 0 amide bonds. The van der Waals surface area contributed by atoms with Crippen LogP contribution in [0.4, 0.5) is 0 Å². The number of nitrogens with two attached hydrogens (primary N) is 1. The molecule has 0 unspecified atom stereocenters. The quantitative estimate of drug-likeness (QED) is 0.790. The predicted octanol–water partition coefficient (Wildman–Crippen LogP) is 2.65. The number of hydrogen-bond acceptors (Lipinski definition) is 1. The van der Waals surface area contributed by atoms with Crippen LogP contribution in [0.2, 0.25) is 5.02 Å². The van der Waals surface area contributed by atoms with Gasteiger partial charge in [0.15, 0.2) is 0 Å². The molecule has 0 aliphatic rings. The highest BCUT2D eigenvalue weighted by atomic mass is 35.5. The van der Waals surface area contributed by atoms with Crippen LogP contribution < -0.4 is 5.73 Å². The summed E-state index contributed by atoms with van der Waals surface area (Å²) in [7, 11) is 0. The molecule has 1 rings (SSSR count). The molecular weight excluding hydrogens is 193 g/mol. The molecule has 0 aliphatic heterocycles. The van der Waals surface area contributed by atoms with Crippen molar-refractivity contribution in [2.45, 2.75) is 19.4 Å². The first-order valence-corrected chi connectivity index (χ1v) is 4.07. The summed E-state index contributed by atoms with van der Waals surface area (Å²) in [5.41, 5.74) is 6.76. The van der Waals surface area contributed by atoms with Gasteiger partial charge in [-0.25, -0.2) is 0 Å². The maximum Gasteiger partial charge on any atom is 0.0438 e. The van der Waals surface area contributed by atoms with E-state index in [2.05, 4.69) is 0 Å². The summed E-state index contributed by atoms with van der Waals surface area (Å²) in [6.45, 7) is 1.98. The van der Waals surface area contributed by atoms with Gasteiger partial charge in [0, 0.05) is 11.1 Å². The number of hydrogen-bond donors (Lipinski definition) is 1. The summed E-state index contributed by atoms with van der Waals surface area (Å²) in [5.74, 6) is 0. The monoisotopic (exact) mass is 205 g/mol. The Morgan fingerprint density at radius 3 is 2.50 bits per heavy atom. The summed E-state index contributed by atoms with van der Waals surface area (Å²) < 4.78 is 0. The molecule has 0 bridgehead atoms. The Morgan fingerprint density at radius 2 is 2.00 bits per heavy atom. The minimum absolute atomic E-state index is 0. The number of halogens is 2. The third-order valence-corrected chi connectivity index (χ3v) is 1.87. The van der Waals surface area contributed by atoms with Crippen LogP contribution in [-0.4, -0.2) is 6.04 Å². The summed E-state index contributed by atoms with van der Waals surface area (Å²) in [5, 5.41) is 0.810. The van der Waals surface area contributed by atoms with Crippen LogP contribution in [-0.2, 0) is 6.42 Å². The molecular formula is C9H13Cl2N. The third-order valence-electron chi connectivity index (χ3n) is 1.50. The van der Waals surface area contributed by atoms with Crippen LogP contribution in [0.3, 0.4) is 0 Å². The molecule has 0 radical (unpaired) electrons. The lowest BCUT2D eigenvalue weighted by atomic mass is 10.1. The van der Waals surface area contributed by atoms with Crippen LogP contribution >= 0.6 is 24.0 Å². The Hall–Kier alpha value is -0.240. The summed E-state index contributed by atoms with van der Waals surface area (Å²) in [6, 6.07) is 7.97. The molecule has 2 N–H and O–H groups in total. The first-order valence-electron chi connectivity index (χ1n) is 3.69. The Labute approximate surface area is 84.3 Å². The van der Waals surface area contributed by atoms with Gasteiger partial charge in [-0.15, -0.1) is 12.4 Å². The predicted molar refractivity (Wildman–Crippen MR) is 56.1 cm³/mol. The van der Waals surface area contributed by atoms with Crippen molar-refractivity contribution in [2.24, 2.45) is 5.73 Å². The van der Waals surface area contributed by atoms with Crippen LogP contribution in [0.5, 0.6) is 0 Å². The van der Waals surface area contributed by atoms with E-state index in [0.29, 0.717) is 0 Å². The lowest BCUT2D eigenvalue weighted by Gasteiger charge is -2.05. The molecule has 1 atom stereocenters. The van der Waals surface area contributed by atoms with Crippen molar-refractivity contribution in [3.05, 3.63) is 34.9 Å². The lowest BCUT2D eigenvalue weighted by Crippen LogP contribution is -2.17. The second-order valence-corrected chi connectivity index (χ2v) is 3.18.